The number of nitrogens with zero attached hydrogens (tertiary/aromatic N) is 1. The van der Waals surface area contributed by atoms with Gasteiger partial charge in [-0.25, -0.2) is 0 Å². The maximum Gasteiger partial charge on any atom is 0.104 e. The minimum absolute atomic E-state index is 0.0741. The lowest BCUT2D eigenvalue weighted by molar-refractivity contribution is 0.140. The minimum atomic E-state index is -0.0741. The van der Waals surface area contributed by atoms with E-state index in [0.717, 1.165) is 30.6 Å². The van der Waals surface area contributed by atoms with Gasteiger partial charge in [0.05, 0.1) is 11.5 Å². The van der Waals surface area contributed by atoms with Crippen molar-refractivity contribution in [1.82, 2.24) is 4.90 Å². The van der Waals surface area contributed by atoms with Gasteiger partial charge in [-0.05, 0) is 25.0 Å². The van der Waals surface area contributed by atoms with E-state index in [4.69, 9.17) is 9.84 Å². The van der Waals surface area contributed by atoms with Gasteiger partial charge in [-0.1, -0.05) is 11.8 Å². The number of thiophene rings is 1. The van der Waals surface area contributed by atoms with Crippen LogP contribution in [0.4, 0.5) is 0 Å². The molecule has 4 heteroatoms. The predicted octanol–water partition coefficient (Wildman–Crippen LogP) is 1.70. The van der Waals surface area contributed by atoms with Crippen LogP contribution in [-0.4, -0.2) is 42.9 Å². The van der Waals surface area contributed by atoms with Crippen molar-refractivity contribution in [2.75, 3.05) is 26.9 Å². The molecule has 2 rings (SSSR count). The summed E-state index contributed by atoms with van der Waals surface area (Å²) >= 11 is 1.71. The maximum absolute atomic E-state index is 8.67. The van der Waals surface area contributed by atoms with Gasteiger partial charge in [0, 0.05) is 31.1 Å². The van der Waals surface area contributed by atoms with Crippen molar-refractivity contribution in [3.8, 4) is 11.8 Å². The van der Waals surface area contributed by atoms with E-state index in [1.165, 1.54) is 17.7 Å². The van der Waals surface area contributed by atoms with E-state index in [0.29, 0.717) is 0 Å². The van der Waals surface area contributed by atoms with Gasteiger partial charge < -0.3 is 9.84 Å². The van der Waals surface area contributed by atoms with Crippen LogP contribution in [-0.2, 0) is 11.3 Å². The Balaban J connectivity index is 1.91. The number of hydrogen-bond acceptors (Lipinski definition) is 4. The molecule has 1 aliphatic rings. The molecule has 1 aromatic rings. The molecule has 1 fully saturated rings. The van der Waals surface area contributed by atoms with Gasteiger partial charge in [-0.3, -0.25) is 4.90 Å². The van der Waals surface area contributed by atoms with E-state index in [1.54, 1.807) is 18.4 Å². The Hall–Kier alpha value is -0.860. The van der Waals surface area contributed by atoms with Crippen LogP contribution in [0.15, 0.2) is 12.1 Å². The summed E-state index contributed by atoms with van der Waals surface area (Å²) in [4.78, 5) is 4.85. The molecule has 0 saturated heterocycles. The zero-order chi connectivity index (χ0) is 12.8. The highest BCUT2D eigenvalue weighted by Crippen LogP contribution is 2.29. The summed E-state index contributed by atoms with van der Waals surface area (Å²) in [6, 6.07) is 4.91. The molecular weight excluding hydrogens is 246 g/mol. The average Bonchev–Trinajstić information content (AvgIpc) is 3.13. The molecule has 18 heavy (non-hydrogen) atoms. The molecule has 0 aliphatic heterocycles. The van der Waals surface area contributed by atoms with Crippen LogP contribution >= 0.6 is 11.3 Å². The summed E-state index contributed by atoms with van der Waals surface area (Å²) in [6.07, 6.45) is 2.62. The van der Waals surface area contributed by atoms with Crippen LogP contribution in [0.5, 0.6) is 0 Å². The number of aliphatic hydroxyl groups is 1. The number of hydrogen-bond donors (Lipinski definition) is 1. The Morgan fingerprint density at radius 1 is 1.50 bits per heavy atom. The Labute approximate surface area is 112 Å². The summed E-state index contributed by atoms with van der Waals surface area (Å²) in [6.45, 7) is 2.70. The quantitative estimate of drug-likeness (QED) is 0.795. The summed E-state index contributed by atoms with van der Waals surface area (Å²) in [5.41, 5.74) is 0. The second kappa shape index (κ2) is 6.91. The summed E-state index contributed by atoms with van der Waals surface area (Å²) in [7, 11) is 1.75. The van der Waals surface area contributed by atoms with Crippen LogP contribution in [0.3, 0.4) is 0 Å². The van der Waals surface area contributed by atoms with Crippen LogP contribution < -0.4 is 0 Å². The molecule has 3 nitrogen and oxygen atoms in total. The Kier molecular flexibility index (Phi) is 5.21. The predicted molar refractivity (Wildman–Crippen MR) is 73.6 cm³/mol. The molecule has 1 N–H and O–H groups in total. The van der Waals surface area contributed by atoms with Crippen molar-refractivity contribution in [3.63, 3.8) is 0 Å². The molecule has 0 unspecified atom stereocenters. The van der Waals surface area contributed by atoms with Crippen molar-refractivity contribution in [1.29, 1.82) is 0 Å². The number of ether oxygens (including phenoxy) is 1. The first-order valence-electron chi connectivity index (χ1n) is 6.25. The Morgan fingerprint density at radius 3 is 3.00 bits per heavy atom. The monoisotopic (exact) mass is 265 g/mol. The summed E-state index contributed by atoms with van der Waals surface area (Å²) < 4.78 is 5.16. The van der Waals surface area contributed by atoms with Crippen LogP contribution in [0, 0.1) is 11.8 Å². The normalized spacial score (nSPS) is 14.6. The molecular formula is C14H19NO2S. The zero-order valence-electron chi connectivity index (χ0n) is 10.7. The molecule has 0 amide bonds. The first-order valence-corrected chi connectivity index (χ1v) is 7.06. The smallest absolute Gasteiger partial charge is 0.104 e. The van der Waals surface area contributed by atoms with Crippen molar-refractivity contribution < 1.29 is 9.84 Å². The first-order chi connectivity index (χ1) is 8.83. The highest BCUT2D eigenvalue weighted by Gasteiger charge is 2.28. The lowest BCUT2D eigenvalue weighted by Crippen LogP contribution is -2.28. The van der Waals surface area contributed by atoms with Gasteiger partial charge in [0.1, 0.15) is 6.61 Å². The average molecular weight is 265 g/mol. The van der Waals surface area contributed by atoms with Crippen LogP contribution in [0.2, 0.25) is 0 Å². The van der Waals surface area contributed by atoms with Crippen molar-refractivity contribution in [2.45, 2.75) is 25.4 Å². The largest absolute Gasteiger partial charge is 0.384 e. The van der Waals surface area contributed by atoms with Crippen molar-refractivity contribution in [3.05, 3.63) is 21.9 Å². The molecule has 1 heterocycles. The van der Waals surface area contributed by atoms with Gasteiger partial charge in [-0.2, -0.15) is 0 Å². The van der Waals surface area contributed by atoms with Crippen LogP contribution in [0.1, 0.15) is 22.6 Å². The van der Waals surface area contributed by atoms with Gasteiger partial charge in [0.2, 0.25) is 0 Å². The fourth-order valence-corrected chi connectivity index (χ4v) is 2.80. The molecule has 0 aromatic carbocycles. The standard InChI is InChI=1S/C14H19NO2S/c1-17-10-8-15(12-4-5-12)11-14-7-6-13(18-14)3-2-9-16/h6-7,12,16H,4-5,8-11H2,1H3. The molecule has 1 aromatic heterocycles. The fraction of sp³-hybridized carbons (Fsp3) is 0.571. The van der Waals surface area contributed by atoms with E-state index >= 15 is 0 Å². The number of methoxy groups -OCH3 is 1. The molecule has 0 atom stereocenters. The molecule has 1 aliphatic carbocycles. The molecule has 0 bridgehead atoms. The Morgan fingerprint density at radius 2 is 2.33 bits per heavy atom. The SMILES string of the molecule is COCCN(Cc1ccc(C#CCO)s1)C1CC1. The van der Waals surface area contributed by atoms with Gasteiger partial charge in [0.25, 0.3) is 0 Å². The Bertz CT molecular complexity index is 428. The van der Waals surface area contributed by atoms with Crippen molar-refractivity contribution >= 4 is 11.3 Å². The maximum atomic E-state index is 8.67. The van der Waals surface area contributed by atoms with E-state index in [-0.39, 0.29) is 6.61 Å². The molecule has 1 saturated carbocycles. The summed E-state index contributed by atoms with van der Waals surface area (Å²) in [5.74, 6) is 5.63. The minimum Gasteiger partial charge on any atom is -0.384 e. The first kappa shape index (κ1) is 13.6. The molecule has 0 spiro atoms. The zero-order valence-corrected chi connectivity index (χ0v) is 11.5. The third-order valence-electron chi connectivity index (χ3n) is 2.96. The fourth-order valence-electron chi connectivity index (χ4n) is 1.90. The third kappa shape index (κ3) is 4.11. The second-order valence-corrected chi connectivity index (χ2v) is 5.59. The van der Waals surface area contributed by atoms with E-state index in [9.17, 15) is 0 Å². The number of rotatable bonds is 6. The van der Waals surface area contributed by atoms with Gasteiger partial charge in [0.15, 0.2) is 0 Å². The van der Waals surface area contributed by atoms with Crippen molar-refractivity contribution in [2.24, 2.45) is 0 Å². The van der Waals surface area contributed by atoms with E-state index < -0.39 is 0 Å². The lowest BCUT2D eigenvalue weighted by atomic mass is 10.3. The van der Waals surface area contributed by atoms with Gasteiger partial charge in [-0.15, -0.1) is 11.3 Å². The highest BCUT2D eigenvalue weighted by atomic mass is 32.1. The molecule has 98 valence electrons. The van der Waals surface area contributed by atoms with E-state index in [2.05, 4.69) is 22.8 Å². The summed E-state index contributed by atoms with van der Waals surface area (Å²) in [5, 5.41) is 8.67. The van der Waals surface area contributed by atoms with Gasteiger partial charge >= 0.3 is 0 Å². The topological polar surface area (TPSA) is 32.7 Å². The number of aliphatic hydroxyl groups excluding tert-OH is 1. The van der Waals surface area contributed by atoms with Crippen LogP contribution in [0.25, 0.3) is 0 Å². The highest BCUT2D eigenvalue weighted by molar-refractivity contribution is 7.12. The second-order valence-electron chi connectivity index (χ2n) is 4.42. The molecule has 0 radical (unpaired) electrons. The third-order valence-corrected chi connectivity index (χ3v) is 3.94. The van der Waals surface area contributed by atoms with E-state index in [1.807, 2.05) is 6.07 Å². The lowest BCUT2D eigenvalue weighted by Gasteiger charge is -2.20.